The first-order valence-corrected chi connectivity index (χ1v) is 13.7. The van der Waals surface area contributed by atoms with E-state index >= 15 is 0 Å². The number of fused-ring (bicyclic) bond motifs is 2. The molecule has 0 unspecified atom stereocenters. The Hall–Kier alpha value is -2.67. The van der Waals surface area contributed by atoms with E-state index in [0.717, 1.165) is 12.8 Å². The maximum atomic E-state index is 13.4. The monoisotopic (exact) mass is 511 g/mol. The van der Waals surface area contributed by atoms with Gasteiger partial charge in [0.15, 0.2) is 0 Å². The zero-order chi connectivity index (χ0) is 25.4. The molecule has 2 aliphatic carbocycles. The lowest BCUT2D eigenvalue weighted by Crippen LogP contribution is -2.58. The topological polar surface area (TPSA) is 188 Å². The van der Waals surface area contributed by atoms with Crippen LogP contribution in [0.2, 0.25) is 0 Å². The van der Waals surface area contributed by atoms with E-state index in [1.54, 1.807) is 0 Å². The molecule has 2 aliphatic heterocycles. The maximum absolute atomic E-state index is 13.4. The molecule has 0 aromatic rings. The van der Waals surface area contributed by atoms with Gasteiger partial charge in [0.05, 0.1) is 5.25 Å². The van der Waals surface area contributed by atoms with Crippen LogP contribution in [0.15, 0.2) is 12.2 Å². The Bertz CT molecular complexity index is 1030. The first-order chi connectivity index (χ1) is 16.5. The van der Waals surface area contributed by atoms with E-state index in [2.05, 4.69) is 15.4 Å². The normalized spacial score (nSPS) is 34.9. The number of carbonyl (C=O) groups is 4. The highest BCUT2D eigenvalue weighted by molar-refractivity contribution is 7.91. The summed E-state index contributed by atoms with van der Waals surface area (Å²) in [5.41, 5.74) is 4.64. The van der Waals surface area contributed by atoms with Crippen LogP contribution in [0.4, 0.5) is 4.79 Å². The van der Waals surface area contributed by atoms with Crippen LogP contribution >= 0.6 is 0 Å². The van der Waals surface area contributed by atoms with Crippen molar-refractivity contribution in [3.05, 3.63) is 12.2 Å². The average molecular weight is 512 g/mol. The van der Waals surface area contributed by atoms with Gasteiger partial charge in [0.2, 0.25) is 21.8 Å². The van der Waals surface area contributed by atoms with E-state index < -0.39 is 62.8 Å². The zero-order valence-corrected chi connectivity index (χ0v) is 20.3. The predicted octanol–water partition coefficient (Wildman–Crippen LogP) is -0.446. The highest BCUT2D eigenvalue weighted by Crippen LogP contribution is 2.46. The van der Waals surface area contributed by atoms with Crippen molar-refractivity contribution in [1.29, 1.82) is 0 Å². The summed E-state index contributed by atoms with van der Waals surface area (Å²) in [5, 5.41) is 13.6. The minimum atomic E-state index is -3.81. The number of amides is 4. The van der Waals surface area contributed by atoms with Gasteiger partial charge in [-0.1, -0.05) is 25.0 Å². The summed E-state index contributed by atoms with van der Waals surface area (Å²) in [7, 11) is -3.81. The first-order valence-electron chi connectivity index (χ1n) is 12.1. The maximum Gasteiger partial charge on any atom is 0.405 e. The second-order valence-electron chi connectivity index (χ2n) is 10.0. The van der Waals surface area contributed by atoms with Crippen molar-refractivity contribution in [2.24, 2.45) is 11.7 Å². The summed E-state index contributed by atoms with van der Waals surface area (Å²) in [6, 6.07) is -2.49. The fraction of sp³-hybridized carbons (Fsp3) is 0.727. The summed E-state index contributed by atoms with van der Waals surface area (Å²) in [6.45, 7) is 0.0767. The molecule has 0 radical (unpaired) electrons. The molecular weight excluding hydrogens is 478 g/mol. The van der Waals surface area contributed by atoms with Crippen molar-refractivity contribution in [3.63, 3.8) is 0 Å². The third-order valence-corrected chi connectivity index (χ3v) is 9.03. The van der Waals surface area contributed by atoms with Gasteiger partial charge in [-0.3, -0.25) is 19.1 Å². The zero-order valence-electron chi connectivity index (χ0n) is 19.4. The van der Waals surface area contributed by atoms with Crippen molar-refractivity contribution in [2.75, 3.05) is 6.54 Å². The number of hydrogen-bond acceptors (Lipinski definition) is 7. The summed E-state index contributed by atoms with van der Waals surface area (Å²) in [5.74, 6) is -2.28. The van der Waals surface area contributed by atoms with Crippen molar-refractivity contribution in [1.82, 2.24) is 20.3 Å². The highest BCUT2D eigenvalue weighted by Gasteiger charge is 2.62. The Morgan fingerprint density at radius 3 is 2.60 bits per heavy atom. The number of nitrogens with two attached hydrogens (primary N) is 1. The molecule has 2 heterocycles. The first kappa shape index (κ1) is 25.4. The summed E-state index contributed by atoms with van der Waals surface area (Å²) in [4.78, 5) is 52.3. The highest BCUT2D eigenvalue weighted by atomic mass is 32.2. The predicted molar refractivity (Wildman–Crippen MR) is 124 cm³/mol. The van der Waals surface area contributed by atoms with Crippen LogP contribution in [0.25, 0.3) is 0 Å². The van der Waals surface area contributed by atoms with Crippen molar-refractivity contribution < 1.29 is 32.7 Å². The molecule has 5 atom stereocenters. The number of nitrogens with one attached hydrogen (secondary N) is 3. The third-order valence-electron chi connectivity index (χ3n) is 7.21. The number of carbonyl (C=O) groups excluding carboxylic acids is 3. The number of carboxylic acid groups (broad SMARTS) is 1. The van der Waals surface area contributed by atoms with E-state index in [-0.39, 0.29) is 25.3 Å². The van der Waals surface area contributed by atoms with E-state index in [4.69, 9.17) is 5.73 Å². The van der Waals surface area contributed by atoms with Crippen LogP contribution in [-0.4, -0.2) is 77.7 Å². The molecule has 35 heavy (non-hydrogen) atoms. The molecule has 0 aromatic carbocycles. The van der Waals surface area contributed by atoms with Gasteiger partial charge >= 0.3 is 6.09 Å². The van der Waals surface area contributed by atoms with Gasteiger partial charge in [-0.2, -0.15) is 0 Å². The quantitative estimate of drug-likeness (QED) is 0.314. The van der Waals surface area contributed by atoms with Gasteiger partial charge < -0.3 is 26.4 Å². The Balaban J connectivity index is 1.59. The van der Waals surface area contributed by atoms with E-state index in [1.165, 1.54) is 4.90 Å². The minimum absolute atomic E-state index is 0.0767. The Labute approximate surface area is 204 Å². The van der Waals surface area contributed by atoms with Crippen LogP contribution in [-0.2, 0) is 24.4 Å². The molecule has 0 bridgehead atoms. The van der Waals surface area contributed by atoms with E-state index in [9.17, 15) is 32.7 Å². The Morgan fingerprint density at radius 1 is 1.17 bits per heavy atom. The summed E-state index contributed by atoms with van der Waals surface area (Å²) >= 11 is 0. The minimum Gasteiger partial charge on any atom is -0.465 e. The van der Waals surface area contributed by atoms with Gasteiger partial charge in [0.1, 0.15) is 17.6 Å². The molecule has 0 spiro atoms. The van der Waals surface area contributed by atoms with Gasteiger partial charge in [-0.05, 0) is 44.9 Å². The lowest BCUT2D eigenvalue weighted by Gasteiger charge is -2.29. The van der Waals surface area contributed by atoms with Crippen LogP contribution in [0.1, 0.15) is 57.8 Å². The smallest absolute Gasteiger partial charge is 0.405 e. The SMILES string of the molecule is N[C@@H]1C[C@H]2C(=O)N[C@]3(C(=O)NS(=O)(=O)C4CC4)C[C@H]3/C=C/CCCCC[C@H](NC(=O)O)C(=O)N2C1. The Morgan fingerprint density at radius 2 is 1.91 bits per heavy atom. The van der Waals surface area contributed by atoms with Gasteiger partial charge in [-0.15, -0.1) is 0 Å². The van der Waals surface area contributed by atoms with Gasteiger partial charge in [0.25, 0.3) is 5.91 Å². The number of nitrogens with zero attached hydrogens (tertiary/aromatic N) is 1. The molecule has 1 saturated heterocycles. The van der Waals surface area contributed by atoms with E-state index in [0.29, 0.717) is 32.1 Å². The second kappa shape index (κ2) is 9.76. The van der Waals surface area contributed by atoms with Crippen LogP contribution in [0, 0.1) is 5.92 Å². The Kier molecular flexibility index (Phi) is 7.09. The second-order valence-corrected chi connectivity index (χ2v) is 12.0. The van der Waals surface area contributed by atoms with Crippen molar-refractivity contribution in [3.8, 4) is 0 Å². The van der Waals surface area contributed by atoms with Crippen molar-refractivity contribution >= 4 is 33.8 Å². The fourth-order valence-electron chi connectivity index (χ4n) is 4.98. The number of allylic oxidation sites excluding steroid dienone is 1. The third kappa shape index (κ3) is 5.61. The number of rotatable bonds is 4. The molecule has 4 rings (SSSR count). The van der Waals surface area contributed by atoms with Crippen LogP contribution in [0.5, 0.6) is 0 Å². The molecule has 0 aromatic heterocycles. The molecule has 194 valence electrons. The van der Waals surface area contributed by atoms with Gasteiger partial charge in [0, 0.05) is 18.5 Å². The molecule has 6 N–H and O–H groups in total. The van der Waals surface area contributed by atoms with Gasteiger partial charge in [-0.25, -0.2) is 13.2 Å². The molecule has 3 fully saturated rings. The molecule has 12 nitrogen and oxygen atoms in total. The van der Waals surface area contributed by atoms with Crippen LogP contribution in [0.3, 0.4) is 0 Å². The average Bonchev–Trinajstić information content (AvgIpc) is 3.69. The summed E-state index contributed by atoms with van der Waals surface area (Å²) in [6.07, 6.45) is 6.99. The van der Waals surface area contributed by atoms with Crippen LogP contribution < -0.4 is 21.1 Å². The molecule has 13 heteroatoms. The molecule has 4 amide bonds. The number of sulfonamides is 1. The standard InChI is InChI=1S/C22H33N5O7S/c23-14-10-17-18(28)25-22(20(30)26-35(33,34)15-8-9-15)11-13(22)6-4-2-1-3-5-7-16(24-21(31)32)19(29)27(17)12-14/h4,6,13-17,24H,1-3,5,7-12,23H2,(H,25,28)(H,26,30)(H,31,32)/b6-4+/t13-,14-,16+,17+,22-/m1/s1. The lowest BCUT2D eigenvalue weighted by atomic mass is 10.1. The molecule has 4 aliphatic rings. The summed E-state index contributed by atoms with van der Waals surface area (Å²) < 4.78 is 26.9. The van der Waals surface area contributed by atoms with E-state index in [1.807, 2.05) is 12.2 Å². The molecular formula is C22H33N5O7S. The number of hydrogen-bond donors (Lipinski definition) is 5. The molecule has 2 saturated carbocycles. The lowest BCUT2D eigenvalue weighted by molar-refractivity contribution is -0.141. The van der Waals surface area contributed by atoms with Crippen molar-refractivity contribution in [2.45, 2.75) is 86.7 Å². The largest absolute Gasteiger partial charge is 0.465 e. The fourth-order valence-corrected chi connectivity index (χ4v) is 6.35.